The van der Waals surface area contributed by atoms with Crippen LogP contribution in [0.1, 0.15) is 40.9 Å². The zero-order valence-corrected chi connectivity index (χ0v) is 24.8. The van der Waals surface area contributed by atoms with E-state index in [2.05, 4.69) is 30.1 Å². The predicted octanol–water partition coefficient (Wildman–Crippen LogP) is 4.88. The number of hydrogen-bond donors (Lipinski definition) is 2. The van der Waals surface area contributed by atoms with E-state index < -0.39 is 0 Å². The number of carbonyl (C=O) groups excluding carboxylic acids is 1. The number of nitrogens with zero attached hydrogens (tertiary/aromatic N) is 4. The number of aromatic nitrogens is 2. The van der Waals surface area contributed by atoms with E-state index in [0.717, 1.165) is 36.4 Å². The summed E-state index contributed by atoms with van der Waals surface area (Å²) in [7, 11) is 1.68. The minimum atomic E-state index is -0.291. The Bertz CT molecular complexity index is 1710. The maximum atomic E-state index is 13.5. The van der Waals surface area contributed by atoms with Crippen LogP contribution < -0.4 is 20.7 Å². The van der Waals surface area contributed by atoms with Crippen molar-refractivity contribution in [3.8, 4) is 11.3 Å². The first kappa shape index (κ1) is 28.6. The van der Waals surface area contributed by atoms with Gasteiger partial charge in [-0.05, 0) is 59.9 Å². The largest absolute Gasteiger partial charge is 0.392 e. The van der Waals surface area contributed by atoms with Gasteiger partial charge in [0.15, 0.2) is 5.82 Å². The SMILES string of the molecule is CC(C)Cc1ccc2c(c1)CN(c1cccc(-c3cn(C)c(=O)c(Nc4ccc(N5CCOCC5)cc4)n3)c1CO)C2=O. The molecule has 2 N–H and O–H groups in total. The summed E-state index contributed by atoms with van der Waals surface area (Å²) < 4.78 is 6.93. The Hall–Kier alpha value is -4.47. The number of aliphatic hydroxyl groups is 1. The highest BCUT2D eigenvalue weighted by atomic mass is 16.5. The average Bonchev–Trinajstić information content (AvgIpc) is 3.34. The Morgan fingerprint density at radius 3 is 2.49 bits per heavy atom. The van der Waals surface area contributed by atoms with Gasteiger partial charge in [-0.15, -0.1) is 0 Å². The molecule has 9 nitrogen and oxygen atoms in total. The molecule has 0 atom stereocenters. The molecule has 0 unspecified atom stereocenters. The topological polar surface area (TPSA) is 99.9 Å². The number of amides is 1. The number of hydrogen-bond acceptors (Lipinski definition) is 7. The summed E-state index contributed by atoms with van der Waals surface area (Å²) in [6.07, 6.45) is 2.61. The Morgan fingerprint density at radius 1 is 1.00 bits per heavy atom. The maximum absolute atomic E-state index is 13.5. The van der Waals surface area contributed by atoms with E-state index in [1.165, 1.54) is 10.1 Å². The van der Waals surface area contributed by atoms with Crippen LogP contribution >= 0.6 is 0 Å². The second-order valence-electron chi connectivity index (χ2n) is 11.6. The molecule has 0 radical (unpaired) electrons. The highest BCUT2D eigenvalue weighted by Crippen LogP contribution is 2.36. The van der Waals surface area contributed by atoms with E-state index >= 15 is 0 Å². The van der Waals surface area contributed by atoms with Crippen LogP contribution in [0.5, 0.6) is 0 Å². The lowest BCUT2D eigenvalue weighted by Crippen LogP contribution is -2.36. The van der Waals surface area contributed by atoms with Crippen LogP contribution in [0.4, 0.5) is 22.9 Å². The molecule has 0 aliphatic carbocycles. The van der Waals surface area contributed by atoms with Crippen molar-refractivity contribution in [1.82, 2.24) is 9.55 Å². The fourth-order valence-electron chi connectivity index (χ4n) is 5.93. The van der Waals surface area contributed by atoms with Crippen LogP contribution in [0.25, 0.3) is 11.3 Å². The van der Waals surface area contributed by atoms with Gasteiger partial charge in [0.05, 0.1) is 37.7 Å². The molecule has 1 fully saturated rings. The predicted molar refractivity (Wildman–Crippen MR) is 169 cm³/mol. The molecule has 1 amide bonds. The quantitative estimate of drug-likeness (QED) is 0.307. The van der Waals surface area contributed by atoms with Crippen molar-refractivity contribution in [3.05, 3.63) is 99.5 Å². The van der Waals surface area contributed by atoms with Crippen molar-refractivity contribution < 1.29 is 14.6 Å². The van der Waals surface area contributed by atoms with Gasteiger partial charge in [0.25, 0.3) is 11.5 Å². The van der Waals surface area contributed by atoms with Gasteiger partial charge in [0, 0.05) is 54.4 Å². The molecule has 0 saturated carbocycles. The van der Waals surface area contributed by atoms with Gasteiger partial charge in [-0.2, -0.15) is 0 Å². The number of ether oxygens (including phenoxy) is 1. The second kappa shape index (κ2) is 12.0. The third-order valence-corrected chi connectivity index (χ3v) is 8.07. The summed E-state index contributed by atoms with van der Waals surface area (Å²) in [4.78, 5) is 35.3. The summed E-state index contributed by atoms with van der Waals surface area (Å²) in [5.41, 5.74) is 6.85. The van der Waals surface area contributed by atoms with Crippen LogP contribution in [-0.2, 0) is 31.4 Å². The van der Waals surface area contributed by atoms with Gasteiger partial charge in [-0.1, -0.05) is 38.1 Å². The van der Waals surface area contributed by atoms with Crippen LogP contribution in [0.2, 0.25) is 0 Å². The summed E-state index contributed by atoms with van der Waals surface area (Å²) in [6.45, 7) is 7.62. The van der Waals surface area contributed by atoms with Gasteiger partial charge >= 0.3 is 0 Å². The van der Waals surface area contributed by atoms with E-state index in [-0.39, 0.29) is 23.9 Å². The number of anilines is 4. The van der Waals surface area contributed by atoms with E-state index in [1.807, 2.05) is 54.6 Å². The molecule has 2 aliphatic rings. The third kappa shape index (κ3) is 5.78. The smallest absolute Gasteiger partial charge is 0.293 e. The van der Waals surface area contributed by atoms with Crippen molar-refractivity contribution in [2.75, 3.05) is 41.4 Å². The summed E-state index contributed by atoms with van der Waals surface area (Å²) in [6, 6.07) is 19.5. The lowest BCUT2D eigenvalue weighted by Gasteiger charge is -2.28. The van der Waals surface area contributed by atoms with Crippen LogP contribution in [0.3, 0.4) is 0 Å². The molecule has 222 valence electrons. The molecule has 6 rings (SSSR count). The number of rotatable bonds is 8. The van der Waals surface area contributed by atoms with E-state index in [0.29, 0.717) is 53.7 Å². The number of aliphatic hydroxyl groups excluding tert-OH is 1. The average molecular weight is 580 g/mol. The lowest BCUT2D eigenvalue weighted by atomic mass is 9.99. The molecule has 4 aromatic rings. The molecule has 1 saturated heterocycles. The zero-order chi connectivity index (χ0) is 30.1. The number of aryl methyl sites for hydroxylation is 1. The molecular formula is C34H37N5O4. The minimum Gasteiger partial charge on any atom is -0.392 e. The van der Waals surface area contributed by atoms with E-state index in [1.54, 1.807) is 18.1 Å². The number of fused-ring (bicyclic) bond motifs is 1. The Morgan fingerprint density at radius 2 is 1.77 bits per heavy atom. The molecule has 0 bridgehead atoms. The number of carbonyl (C=O) groups is 1. The number of nitrogens with one attached hydrogen (secondary N) is 1. The van der Waals surface area contributed by atoms with Crippen LogP contribution in [0.15, 0.2) is 71.7 Å². The monoisotopic (exact) mass is 579 g/mol. The molecule has 43 heavy (non-hydrogen) atoms. The van der Waals surface area contributed by atoms with Crippen molar-refractivity contribution in [3.63, 3.8) is 0 Å². The highest BCUT2D eigenvalue weighted by molar-refractivity contribution is 6.10. The summed E-state index contributed by atoms with van der Waals surface area (Å²) in [5.74, 6) is 0.608. The zero-order valence-electron chi connectivity index (χ0n) is 24.8. The summed E-state index contributed by atoms with van der Waals surface area (Å²) >= 11 is 0. The first-order chi connectivity index (χ1) is 20.8. The van der Waals surface area contributed by atoms with Crippen LogP contribution in [-0.4, -0.2) is 46.9 Å². The van der Waals surface area contributed by atoms with E-state index in [9.17, 15) is 14.7 Å². The molecular weight excluding hydrogens is 542 g/mol. The Labute approximate surface area is 251 Å². The molecule has 2 aliphatic heterocycles. The lowest BCUT2D eigenvalue weighted by molar-refractivity contribution is 0.0996. The first-order valence-corrected chi connectivity index (χ1v) is 14.8. The standard InChI is InChI=1S/C34H37N5O4/c1-22(2)17-23-7-12-27-24(18-23)19-39(33(27)41)31-6-4-5-28(29(31)21-40)30-20-37(3)34(42)32(36-30)35-25-8-10-26(11-9-25)38-13-15-43-16-14-38/h4-12,18,20,22,40H,13-17,19,21H2,1-3H3,(H,35,36). The fourth-order valence-corrected chi connectivity index (χ4v) is 5.93. The fraction of sp³-hybridized carbons (Fsp3) is 0.324. The molecule has 0 spiro atoms. The molecule has 1 aromatic heterocycles. The number of morpholine rings is 1. The van der Waals surface area contributed by atoms with Crippen molar-refractivity contribution in [2.45, 2.75) is 33.4 Å². The van der Waals surface area contributed by atoms with Gasteiger partial charge in [0.1, 0.15) is 0 Å². The number of benzene rings is 3. The Kier molecular flexibility index (Phi) is 8.01. The molecule has 3 aromatic carbocycles. The van der Waals surface area contributed by atoms with Gasteiger partial charge < -0.3 is 29.5 Å². The van der Waals surface area contributed by atoms with Crippen molar-refractivity contribution >= 4 is 28.8 Å². The molecule has 3 heterocycles. The van der Waals surface area contributed by atoms with Gasteiger partial charge in [-0.25, -0.2) is 4.98 Å². The van der Waals surface area contributed by atoms with Gasteiger partial charge in [-0.3, -0.25) is 9.59 Å². The normalized spacial score (nSPS) is 14.9. The van der Waals surface area contributed by atoms with Crippen molar-refractivity contribution in [2.24, 2.45) is 13.0 Å². The maximum Gasteiger partial charge on any atom is 0.293 e. The minimum absolute atomic E-state index is 0.0887. The van der Waals surface area contributed by atoms with Crippen LogP contribution in [0, 0.1) is 5.92 Å². The molecule has 9 heteroatoms. The second-order valence-corrected chi connectivity index (χ2v) is 11.6. The summed E-state index contributed by atoms with van der Waals surface area (Å²) in [5, 5.41) is 13.8. The Balaban J connectivity index is 1.30. The van der Waals surface area contributed by atoms with Gasteiger partial charge in [0.2, 0.25) is 0 Å². The first-order valence-electron chi connectivity index (χ1n) is 14.8. The highest BCUT2D eigenvalue weighted by Gasteiger charge is 2.31. The van der Waals surface area contributed by atoms with E-state index in [4.69, 9.17) is 9.72 Å². The third-order valence-electron chi connectivity index (χ3n) is 8.07. The van der Waals surface area contributed by atoms with Crippen molar-refractivity contribution in [1.29, 1.82) is 0 Å².